The average molecular weight is 408 g/mol. The highest BCUT2D eigenvalue weighted by atomic mass is 35.5. The van der Waals surface area contributed by atoms with Crippen molar-refractivity contribution in [2.75, 3.05) is 23.3 Å². The number of nitrogens with one attached hydrogen (secondary N) is 2. The molecule has 148 valence electrons. The molecule has 6 heteroatoms. The molecule has 0 spiro atoms. The number of nitrogens with zero attached hydrogens (tertiary/aromatic N) is 1. The monoisotopic (exact) mass is 407 g/mol. The molecule has 0 heterocycles. The zero-order valence-corrected chi connectivity index (χ0v) is 16.6. The van der Waals surface area contributed by atoms with E-state index in [9.17, 15) is 9.59 Å². The molecule has 3 aromatic carbocycles. The van der Waals surface area contributed by atoms with E-state index in [0.717, 1.165) is 11.4 Å². The van der Waals surface area contributed by atoms with Crippen LogP contribution in [0.3, 0.4) is 0 Å². The Kier molecular flexibility index (Phi) is 7.25. The zero-order valence-electron chi connectivity index (χ0n) is 15.8. The van der Waals surface area contributed by atoms with Gasteiger partial charge in [-0.25, -0.2) is 4.79 Å². The molecule has 0 fully saturated rings. The normalized spacial score (nSPS) is 10.2. The van der Waals surface area contributed by atoms with E-state index >= 15 is 0 Å². The van der Waals surface area contributed by atoms with Crippen LogP contribution in [-0.4, -0.2) is 25.0 Å². The van der Waals surface area contributed by atoms with Crippen LogP contribution >= 0.6 is 11.6 Å². The third-order valence-corrected chi connectivity index (χ3v) is 4.54. The molecule has 5 nitrogen and oxygen atoms in total. The van der Waals surface area contributed by atoms with E-state index in [1.807, 2.05) is 60.7 Å². The summed E-state index contributed by atoms with van der Waals surface area (Å²) < 4.78 is 0. The third-order valence-electron chi connectivity index (χ3n) is 4.29. The molecule has 3 aromatic rings. The second-order valence-corrected chi connectivity index (χ2v) is 6.84. The maximum absolute atomic E-state index is 12.8. The first kappa shape index (κ1) is 20.4. The molecule has 0 aliphatic rings. The molecule has 3 rings (SSSR count). The lowest BCUT2D eigenvalue weighted by Gasteiger charge is -2.23. The van der Waals surface area contributed by atoms with Gasteiger partial charge in [-0.05, 0) is 55.0 Å². The molecule has 0 aliphatic heterocycles. The first-order valence-corrected chi connectivity index (χ1v) is 9.73. The molecule has 0 aromatic heterocycles. The second-order valence-electron chi connectivity index (χ2n) is 6.40. The lowest BCUT2D eigenvalue weighted by molar-refractivity contribution is 0.0953. The number of rotatable bonds is 7. The Bertz CT molecular complexity index is 931. The average Bonchev–Trinajstić information content (AvgIpc) is 2.75. The minimum absolute atomic E-state index is 0.165. The first-order chi connectivity index (χ1) is 14.1. The van der Waals surface area contributed by atoms with Gasteiger partial charge in [0.25, 0.3) is 5.91 Å². The molecule has 0 bridgehead atoms. The van der Waals surface area contributed by atoms with Crippen LogP contribution in [0.1, 0.15) is 16.8 Å². The first-order valence-electron chi connectivity index (χ1n) is 9.36. The molecule has 0 saturated carbocycles. The van der Waals surface area contributed by atoms with Crippen LogP contribution in [0.4, 0.5) is 16.2 Å². The van der Waals surface area contributed by atoms with E-state index in [1.165, 1.54) is 0 Å². The Morgan fingerprint density at radius 3 is 2.10 bits per heavy atom. The second kappa shape index (κ2) is 10.3. The van der Waals surface area contributed by atoms with Crippen molar-refractivity contribution < 1.29 is 9.59 Å². The standard InChI is InChI=1S/C23H22ClN3O2/c24-19-14-12-18(13-15-19)22(28)25-16-7-17-27(21-10-5-2-6-11-21)23(29)26-20-8-3-1-4-9-20/h1-6,8-15H,7,16-17H2,(H,25,28)(H,26,29). The summed E-state index contributed by atoms with van der Waals surface area (Å²) in [6, 6.07) is 25.3. The molecule has 0 saturated heterocycles. The van der Waals surface area contributed by atoms with E-state index in [-0.39, 0.29) is 11.9 Å². The van der Waals surface area contributed by atoms with Crippen molar-refractivity contribution in [3.05, 3.63) is 95.5 Å². The number of hydrogen-bond acceptors (Lipinski definition) is 2. The van der Waals surface area contributed by atoms with Gasteiger partial charge < -0.3 is 10.6 Å². The summed E-state index contributed by atoms with van der Waals surface area (Å²) in [4.78, 5) is 26.7. The zero-order chi connectivity index (χ0) is 20.5. The molecule has 2 N–H and O–H groups in total. The maximum atomic E-state index is 12.8. The summed E-state index contributed by atoms with van der Waals surface area (Å²) in [5.74, 6) is -0.165. The van der Waals surface area contributed by atoms with Crippen LogP contribution in [0.15, 0.2) is 84.9 Å². The van der Waals surface area contributed by atoms with E-state index in [4.69, 9.17) is 11.6 Å². The van der Waals surface area contributed by atoms with Crippen molar-refractivity contribution in [1.29, 1.82) is 0 Å². The van der Waals surface area contributed by atoms with Gasteiger partial charge in [0.05, 0.1) is 0 Å². The van der Waals surface area contributed by atoms with Gasteiger partial charge in [-0.2, -0.15) is 0 Å². The predicted molar refractivity (Wildman–Crippen MR) is 118 cm³/mol. The molecule has 0 aliphatic carbocycles. The van der Waals surface area contributed by atoms with Crippen molar-refractivity contribution in [3.8, 4) is 0 Å². The van der Waals surface area contributed by atoms with Crippen molar-refractivity contribution >= 4 is 34.9 Å². The van der Waals surface area contributed by atoms with Crippen molar-refractivity contribution in [2.45, 2.75) is 6.42 Å². The van der Waals surface area contributed by atoms with Gasteiger partial charge >= 0.3 is 6.03 Å². The lowest BCUT2D eigenvalue weighted by atomic mass is 10.2. The Labute approximate surface area is 175 Å². The van der Waals surface area contributed by atoms with Crippen molar-refractivity contribution in [3.63, 3.8) is 0 Å². The lowest BCUT2D eigenvalue weighted by Crippen LogP contribution is -2.37. The predicted octanol–water partition coefficient (Wildman–Crippen LogP) is 5.20. The van der Waals surface area contributed by atoms with Crippen LogP contribution in [-0.2, 0) is 0 Å². The van der Waals surface area contributed by atoms with E-state index in [2.05, 4.69) is 10.6 Å². The Hall–Kier alpha value is -3.31. The molecule has 0 radical (unpaired) electrons. The summed E-state index contributed by atoms with van der Waals surface area (Å²) in [6.07, 6.45) is 0.608. The van der Waals surface area contributed by atoms with Crippen LogP contribution in [0.5, 0.6) is 0 Å². The van der Waals surface area contributed by atoms with Crippen LogP contribution in [0.25, 0.3) is 0 Å². The van der Waals surface area contributed by atoms with Crippen LogP contribution in [0.2, 0.25) is 5.02 Å². The van der Waals surface area contributed by atoms with E-state index < -0.39 is 0 Å². The number of urea groups is 1. The third kappa shape index (κ3) is 6.09. The summed E-state index contributed by atoms with van der Waals surface area (Å²) in [6.45, 7) is 0.910. The minimum atomic E-state index is -0.216. The number of carbonyl (C=O) groups excluding carboxylic acids is 2. The maximum Gasteiger partial charge on any atom is 0.326 e. The highest BCUT2D eigenvalue weighted by molar-refractivity contribution is 6.30. The number of para-hydroxylation sites is 2. The number of carbonyl (C=O) groups is 2. The summed E-state index contributed by atoms with van der Waals surface area (Å²) in [7, 11) is 0. The minimum Gasteiger partial charge on any atom is -0.352 e. The fourth-order valence-electron chi connectivity index (χ4n) is 2.81. The van der Waals surface area contributed by atoms with E-state index in [0.29, 0.717) is 30.1 Å². The highest BCUT2D eigenvalue weighted by Gasteiger charge is 2.15. The van der Waals surface area contributed by atoms with Gasteiger partial charge in [0, 0.05) is 35.1 Å². The largest absolute Gasteiger partial charge is 0.352 e. The van der Waals surface area contributed by atoms with Crippen LogP contribution in [0, 0.1) is 0 Å². The Morgan fingerprint density at radius 2 is 1.45 bits per heavy atom. The smallest absolute Gasteiger partial charge is 0.326 e. The fraction of sp³-hybridized carbons (Fsp3) is 0.130. The van der Waals surface area contributed by atoms with Crippen molar-refractivity contribution in [2.24, 2.45) is 0 Å². The quantitative estimate of drug-likeness (QED) is 0.529. The topological polar surface area (TPSA) is 61.4 Å². The van der Waals surface area contributed by atoms with Gasteiger partial charge in [-0.3, -0.25) is 9.69 Å². The number of hydrogen-bond donors (Lipinski definition) is 2. The molecule has 0 atom stereocenters. The van der Waals surface area contributed by atoms with Gasteiger partial charge in [0.1, 0.15) is 0 Å². The molecule has 0 unspecified atom stereocenters. The van der Waals surface area contributed by atoms with Crippen LogP contribution < -0.4 is 15.5 Å². The summed E-state index contributed by atoms with van der Waals surface area (Å²) in [5.41, 5.74) is 2.08. The molecule has 29 heavy (non-hydrogen) atoms. The summed E-state index contributed by atoms with van der Waals surface area (Å²) in [5, 5.41) is 6.37. The molecular weight excluding hydrogens is 386 g/mol. The Balaban J connectivity index is 1.58. The highest BCUT2D eigenvalue weighted by Crippen LogP contribution is 2.16. The summed E-state index contributed by atoms with van der Waals surface area (Å²) >= 11 is 5.85. The number of benzene rings is 3. The molecule has 3 amide bonds. The molecular formula is C23H22ClN3O2. The van der Waals surface area contributed by atoms with Gasteiger partial charge in [0.2, 0.25) is 0 Å². The van der Waals surface area contributed by atoms with Gasteiger partial charge in [-0.15, -0.1) is 0 Å². The Morgan fingerprint density at radius 1 is 0.828 bits per heavy atom. The van der Waals surface area contributed by atoms with Crippen molar-refractivity contribution in [1.82, 2.24) is 5.32 Å². The number of anilines is 2. The van der Waals surface area contributed by atoms with Gasteiger partial charge in [-0.1, -0.05) is 48.0 Å². The number of halogens is 1. The SMILES string of the molecule is O=C(NCCCN(C(=O)Nc1ccccc1)c1ccccc1)c1ccc(Cl)cc1. The number of amides is 3. The fourth-order valence-corrected chi connectivity index (χ4v) is 2.94. The van der Waals surface area contributed by atoms with Gasteiger partial charge in [0.15, 0.2) is 0 Å². The van der Waals surface area contributed by atoms with E-state index in [1.54, 1.807) is 29.2 Å².